The van der Waals surface area contributed by atoms with Gasteiger partial charge in [0.15, 0.2) is 0 Å². The molecule has 17 heavy (non-hydrogen) atoms. The van der Waals surface area contributed by atoms with Gasteiger partial charge in [-0.05, 0) is 42.5 Å². The molecule has 0 aliphatic heterocycles. The van der Waals surface area contributed by atoms with Crippen molar-refractivity contribution in [2.75, 3.05) is 0 Å². The zero-order chi connectivity index (χ0) is 11.8. The minimum absolute atomic E-state index is 0.572. The number of rotatable bonds is 4. The van der Waals surface area contributed by atoms with Crippen LogP contribution in [0.3, 0.4) is 0 Å². The molecule has 2 heteroatoms. The Morgan fingerprint density at radius 2 is 2.12 bits per heavy atom. The quantitative estimate of drug-likeness (QED) is 0.862. The van der Waals surface area contributed by atoms with E-state index in [9.17, 15) is 0 Å². The van der Waals surface area contributed by atoms with Crippen LogP contribution < -0.4 is 5.32 Å². The Balaban J connectivity index is 1.83. The van der Waals surface area contributed by atoms with Crippen LogP contribution in [0, 0.1) is 0 Å². The molecule has 1 saturated carbocycles. The van der Waals surface area contributed by atoms with Crippen molar-refractivity contribution >= 4 is 11.0 Å². The fourth-order valence-electron chi connectivity index (χ4n) is 2.10. The molecule has 2 nitrogen and oxygen atoms in total. The SMILES string of the molecule is CC(C)c1ccc2oc(CNC3CC3)cc2c1. The molecule has 2 aromatic rings. The van der Waals surface area contributed by atoms with E-state index in [2.05, 4.69) is 43.4 Å². The molecule has 0 unspecified atom stereocenters. The van der Waals surface area contributed by atoms with Crippen LogP contribution in [0.25, 0.3) is 11.0 Å². The van der Waals surface area contributed by atoms with Gasteiger partial charge in [0, 0.05) is 11.4 Å². The van der Waals surface area contributed by atoms with Gasteiger partial charge in [0.1, 0.15) is 11.3 Å². The van der Waals surface area contributed by atoms with E-state index in [1.54, 1.807) is 0 Å². The minimum Gasteiger partial charge on any atom is -0.460 e. The Kier molecular flexibility index (Phi) is 2.67. The first kappa shape index (κ1) is 10.8. The zero-order valence-corrected chi connectivity index (χ0v) is 10.5. The molecule has 1 aliphatic rings. The molecule has 0 radical (unpaired) electrons. The van der Waals surface area contributed by atoms with Crippen molar-refractivity contribution in [2.24, 2.45) is 0 Å². The smallest absolute Gasteiger partial charge is 0.134 e. The second-order valence-corrected chi connectivity index (χ2v) is 5.32. The molecule has 0 atom stereocenters. The van der Waals surface area contributed by atoms with Crippen LogP contribution in [0.4, 0.5) is 0 Å². The van der Waals surface area contributed by atoms with Crippen LogP contribution >= 0.6 is 0 Å². The van der Waals surface area contributed by atoms with E-state index < -0.39 is 0 Å². The molecule has 0 saturated heterocycles. The van der Waals surface area contributed by atoms with Crippen LogP contribution in [0.1, 0.15) is 43.9 Å². The summed E-state index contributed by atoms with van der Waals surface area (Å²) in [5.74, 6) is 1.62. The second kappa shape index (κ2) is 4.19. The lowest BCUT2D eigenvalue weighted by atomic mass is 10.0. The van der Waals surface area contributed by atoms with Gasteiger partial charge in [-0.25, -0.2) is 0 Å². The lowest BCUT2D eigenvalue weighted by Gasteiger charge is -2.03. The number of fused-ring (bicyclic) bond motifs is 1. The molecule has 1 N–H and O–H groups in total. The van der Waals surface area contributed by atoms with E-state index in [1.807, 2.05) is 0 Å². The summed E-state index contributed by atoms with van der Waals surface area (Å²) in [6.07, 6.45) is 2.63. The molecule has 0 amide bonds. The van der Waals surface area contributed by atoms with Crippen molar-refractivity contribution in [3.63, 3.8) is 0 Å². The van der Waals surface area contributed by atoms with Gasteiger partial charge >= 0.3 is 0 Å². The van der Waals surface area contributed by atoms with E-state index in [4.69, 9.17) is 4.42 Å². The third kappa shape index (κ3) is 2.37. The summed E-state index contributed by atoms with van der Waals surface area (Å²) in [7, 11) is 0. The highest BCUT2D eigenvalue weighted by Gasteiger charge is 2.20. The Labute approximate surface area is 102 Å². The first-order valence-corrected chi connectivity index (χ1v) is 6.48. The molecular formula is C15H19NO. The van der Waals surface area contributed by atoms with E-state index in [-0.39, 0.29) is 0 Å². The number of furan rings is 1. The monoisotopic (exact) mass is 229 g/mol. The van der Waals surface area contributed by atoms with Crippen molar-refractivity contribution in [1.29, 1.82) is 0 Å². The van der Waals surface area contributed by atoms with Crippen molar-refractivity contribution in [3.05, 3.63) is 35.6 Å². The van der Waals surface area contributed by atoms with Crippen molar-refractivity contribution < 1.29 is 4.42 Å². The molecular weight excluding hydrogens is 210 g/mol. The van der Waals surface area contributed by atoms with Gasteiger partial charge in [-0.15, -0.1) is 0 Å². The third-order valence-corrected chi connectivity index (χ3v) is 3.40. The fraction of sp³-hybridized carbons (Fsp3) is 0.467. The Morgan fingerprint density at radius 3 is 2.82 bits per heavy atom. The predicted octanol–water partition coefficient (Wildman–Crippen LogP) is 3.81. The van der Waals surface area contributed by atoms with Crippen molar-refractivity contribution in [2.45, 2.75) is 45.2 Å². The summed E-state index contributed by atoms with van der Waals surface area (Å²) in [5, 5.41) is 4.70. The molecule has 0 bridgehead atoms. The van der Waals surface area contributed by atoms with Gasteiger partial charge in [0.05, 0.1) is 6.54 Å². The molecule has 90 valence electrons. The summed E-state index contributed by atoms with van der Waals surface area (Å²) in [5.41, 5.74) is 2.38. The maximum atomic E-state index is 5.82. The highest BCUT2D eigenvalue weighted by Crippen LogP contribution is 2.25. The van der Waals surface area contributed by atoms with Gasteiger partial charge < -0.3 is 9.73 Å². The molecule has 1 aromatic carbocycles. The zero-order valence-electron chi connectivity index (χ0n) is 10.5. The fourth-order valence-corrected chi connectivity index (χ4v) is 2.10. The van der Waals surface area contributed by atoms with Gasteiger partial charge in [-0.3, -0.25) is 0 Å². The average Bonchev–Trinajstić information content (AvgIpc) is 3.04. The maximum absolute atomic E-state index is 5.82. The van der Waals surface area contributed by atoms with Gasteiger partial charge in [-0.2, -0.15) is 0 Å². The average molecular weight is 229 g/mol. The largest absolute Gasteiger partial charge is 0.460 e. The highest BCUT2D eigenvalue weighted by atomic mass is 16.3. The first-order chi connectivity index (χ1) is 8.22. The van der Waals surface area contributed by atoms with Crippen LogP contribution in [0.2, 0.25) is 0 Å². The van der Waals surface area contributed by atoms with Crippen LogP contribution in [0.15, 0.2) is 28.7 Å². The Morgan fingerprint density at radius 1 is 1.29 bits per heavy atom. The standard InChI is InChI=1S/C15H19NO/c1-10(2)11-3-6-15-12(7-11)8-14(17-15)9-16-13-4-5-13/h3,6-8,10,13,16H,4-5,9H2,1-2H3. The predicted molar refractivity (Wildman–Crippen MR) is 70.2 cm³/mol. The minimum atomic E-state index is 0.572. The molecule has 1 heterocycles. The van der Waals surface area contributed by atoms with Crippen molar-refractivity contribution in [3.8, 4) is 0 Å². The van der Waals surface area contributed by atoms with E-state index in [0.29, 0.717) is 5.92 Å². The molecule has 1 aliphatic carbocycles. The van der Waals surface area contributed by atoms with Gasteiger partial charge in [0.2, 0.25) is 0 Å². The Bertz CT molecular complexity index is 523. The second-order valence-electron chi connectivity index (χ2n) is 5.32. The van der Waals surface area contributed by atoms with Gasteiger partial charge in [-0.1, -0.05) is 19.9 Å². The van der Waals surface area contributed by atoms with Gasteiger partial charge in [0.25, 0.3) is 0 Å². The number of nitrogens with one attached hydrogen (secondary N) is 1. The van der Waals surface area contributed by atoms with E-state index in [1.165, 1.54) is 23.8 Å². The number of benzene rings is 1. The van der Waals surface area contributed by atoms with Crippen LogP contribution in [-0.2, 0) is 6.54 Å². The summed E-state index contributed by atoms with van der Waals surface area (Å²) >= 11 is 0. The third-order valence-electron chi connectivity index (χ3n) is 3.40. The molecule has 0 spiro atoms. The lowest BCUT2D eigenvalue weighted by Crippen LogP contribution is -2.14. The van der Waals surface area contributed by atoms with Crippen molar-refractivity contribution in [1.82, 2.24) is 5.32 Å². The Hall–Kier alpha value is -1.28. The summed E-state index contributed by atoms with van der Waals surface area (Å²) in [4.78, 5) is 0. The molecule has 1 aromatic heterocycles. The lowest BCUT2D eigenvalue weighted by molar-refractivity contribution is 0.512. The summed E-state index contributed by atoms with van der Waals surface area (Å²) in [6, 6.07) is 9.38. The molecule has 1 fully saturated rings. The first-order valence-electron chi connectivity index (χ1n) is 6.48. The number of hydrogen-bond donors (Lipinski definition) is 1. The maximum Gasteiger partial charge on any atom is 0.134 e. The van der Waals surface area contributed by atoms with E-state index >= 15 is 0 Å². The van der Waals surface area contributed by atoms with E-state index in [0.717, 1.165) is 23.9 Å². The summed E-state index contributed by atoms with van der Waals surface area (Å²) < 4.78 is 5.82. The van der Waals surface area contributed by atoms with Crippen LogP contribution in [-0.4, -0.2) is 6.04 Å². The van der Waals surface area contributed by atoms with Crippen LogP contribution in [0.5, 0.6) is 0 Å². The number of hydrogen-bond acceptors (Lipinski definition) is 2. The summed E-state index contributed by atoms with van der Waals surface area (Å²) in [6.45, 7) is 5.30. The molecule has 3 rings (SSSR count). The topological polar surface area (TPSA) is 25.2 Å². The highest BCUT2D eigenvalue weighted by molar-refractivity contribution is 5.78. The normalized spacial score (nSPS) is 15.9.